The summed E-state index contributed by atoms with van der Waals surface area (Å²) < 4.78 is 0. The van der Waals surface area contributed by atoms with Gasteiger partial charge in [0.2, 0.25) is 0 Å². The Bertz CT molecular complexity index is 474. The highest BCUT2D eigenvalue weighted by Gasteiger charge is 2.26. The van der Waals surface area contributed by atoms with E-state index in [1.54, 1.807) is 23.1 Å². The van der Waals surface area contributed by atoms with Gasteiger partial charge in [0.15, 0.2) is 0 Å². The molecule has 2 amide bonds. The van der Waals surface area contributed by atoms with Crippen molar-refractivity contribution in [1.29, 1.82) is 5.26 Å². The van der Waals surface area contributed by atoms with Crippen molar-refractivity contribution >= 4 is 11.7 Å². The van der Waals surface area contributed by atoms with E-state index in [1.165, 1.54) is 0 Å². The summed E-state index contributed by atoms with van der Waals surface area (Å²) in [5.41, 5.74) is 6.57. The molecular formula is C13H16N4O. The second kappa shape index (κ2) is 5.52. The monoisotopic (exact) mass is 244 g/mol. The molecule has 0 atom stereocenters. The van der Waals surface area contributed by atoms with Crippen molar-refractivity contribution in [1.82, 2.24) is 5.32 Å². The number of hydrogen-bond acceptors (Lipinski definition) is 3. The highest BCUT2D eigenvalue weighted by molar-refractivity contribution is 5.92. The van der Waals surface area contributed by atoms with E-state index in [-0.39, 0.29) is 6.04 Å². The van der Waals surface area contributed by atoms with Gasteiger partial charge in [0.1, 0.15) is 6.07 Å². The summed E-state index contributed by atoms with van der Waals surface area (Å²) in [7, 11) is 0. The topological polar surface area (TPSA) is 82.2 Å². The molecule has 1 aliphatic heterocycles. The van der Waals surface area contributed by atoms with Gasteiger partial charge in [-0.05, 0) is 38.1 Å². The van der Waals surface area contributed by atoms with Crippen molar-refractivity contribution < 1.29 is 4.79 Å². The number of hydrogen-bond donors (Lipinski definition) is 2. The predicted molar refractivity (Wildman–Crippen MR) is 69.1 cm³/mol. The molecule has 0 spiro atoms. The molecule has 0 radical (unpaired) electrons. The highest BCUT2D eigenvalue weighted by atomic mass is 16.2. The summed E-state index contributed by atoms with van der Waals surface area (Å²) in [6.45, 7) is 1.73. The number of rotatable bonds is 2. The number of carbonyl (C=O) groups excluding carboxylic acids is 1. The third kappa shape index (κ3) is 2.44. The van der Waals surface area contributed by atoms with Crippen molar-refractivity contribution in [2.75, 3.05) is 18.0 Å². The fourth-order valence-electron chi connectivity index (χ4n) is 2.34. The van der Waals surface area contributed by atoms with Crippen LogP contribution in [0, 0.1) is 11.3 Å². The Labute approximate surface area is 106 Å². The van der Waals surface area contributed by atoms with Crippen LogP contribution in [0.5, 0.6) is 0 Å². The van der Waals surface area contributed by atoms with E-state index in [2.05, 4.69) is 11.4 Å². The van der Waals surface area contributed by atoms with Crippen LogP contribution in [0.25, 0.3) is 0 Å². The Morgan fingerprint density at radius 3 is 2.67 bits per heavy atom. The summed E-state index contributed by atoms with van der Waals surface area (Å²) in [6, 6.07) is 8.74. The normalized spacial score (nSPS) is 15.9. The largest absolute Gasteiger partial charge is 0.351 e. The molecule has 5 heteroatoms. The number of anilines is 1. The number of nitriles is 1. The van der Waals surface area contributed by atoms with E-state index in [4.69, 9.17) is 11.0 Å². The minimum Gasteiger partial charge on any atom is -0.351 e. The lowest BCUT2D eigenvalue weighted by Gasteiger charge is -2.33. The number of urea groups is 1. The van der Waals surface area contributed by atoms with Crippen LogP contribution in [0.3, 0.4) is 0 Å². The molecule has 0 aromatic heterocycles. The average molecular weight is 244 g/mol. The lowest BCUT2D eigenvalue weighted by Crippen LogP contribution is -2.48. The van der Waals surface area contributed by atoms with E-state index in [0.29, 0.717) is 11.3 Å². The molecular weight excluding hydrogens is 228 g/mol. The molecule has 1 aromatic rings. The van der Waals surface area contributed by atoms with Crippen LogP contribution < -0.4 is 16.0 Å². The number of nitrogens with one attached hydrogen (secondary N) is 1. The Hall–Kier alpha value is -2.06. The summed E-state index contributed by atoms with van der Waals surface area (Å²) in [5.74, 6) is 0. The number of benzene rings is 1. The SMILES string of the molecule is N#Cc1ccccc1N(C(N)=O)C1CCNCC1. The Balaban J connectivity index is 2.35. The van der Waals surface area contributed by atoms with Gasteiger partial charge < -0.3 is 11.1 Å². The number of primary amides is 1. The Morgan fingerprint density at radius 1 is 1.39 bits per heavy atom. The van der Waals surface area contributed by atoms with Crippen molar-refractivity contribution in [3.05, 3.63) is 29.8 Å². The zero-order chi connectivity index (χ0) is 13.0. The van der Waals surface area contributed by atoms with Crippen molar-refractivity contribution in [2.45, 2.75) is 18.9 Å². The smallest absolute Gasteiger partial charge is 0.319 e. The van der Waals surface area contributed by atoms with Gasteiger partial charge in [-0.2, -0.15) is 5.26 Å². The molecule has 94 valence electrons. The van der Waals surface area contributed by atoms with E-state index in [1.807, 2.05) is 6.07 Å². The quantitative estimate of drug-likeness (QED) is 0.820. The third-order valence-corrected chi connectivity index (χ3v) is 3.20. The van der Waals surface area contributed by atoms with Crippen molar-refractivity contribution in [3.63, 3.8) is 0 Å². The minimum atomic E-state index is -0.496. The van der Waals surface area contributed by atoms with Crippen LogP contribution in [0.2, 0.25) is 0 Å². The first-order valence-electron chi connectivity index (χ1n) is 6.02. The first-order chi connectivity index (χ1) is 8.74. The van der Waals surface area contributed by atoms with Gasteiger partial charge in [0.25, 0.3) is 0 Å². The standard InChI is InChI=1S/C13H16N4O/c14-9-10-3-1-2-4-12(10)17(13(15)18)11-5-7-16-8-6-11/h1-4,11,16H,5-8H2,(H2,15,18). The third-order valence-electron chi connectivity index (χ3n) is 3.20. The van der Waals surface area contributed by atoms with Crippen molar-refractivity contribution in [3.8, 4) is 6.07 Å². The number of carbonyl (C=O) groups is 1. The predicted octanol–water partition coefficient (Wildman–Crippen LogP) is 1.20. The molecule has 0 unspecified atom stereocenters. The summed E-state index contributed by atoms with van der Waals surface area (Å²) in [4.78, 5) is 13.2. The molecule has 1 fully saturated rings. The lowest BCUT2D eigenvalue weighted by atomic mass is 10.0. The Morgan fingerprint density at radius 2 is 2.06 bits per heavy atom. The summed E-state index contributed by atoms with van der Waals surface area (Å²) in [6.07, 6.45) is 1.70. The molecule has 1 aromatic carbocycles. The van der Waals surface area contributed by atoms with Crippen LogP contribution in [-0.2, 0) is 0 Å². The van der Waals surface area contributed by atoms with Crippen LogP contribution >= 0.6 is 0 Å². The number of piperidine rings is 1. The molecule has 1 saturated heterocycles. The van der Waals surface area contributed by atoms with Gasteiger partial charge in [-0.25, -0.2) is 4.79 Å². The molecule has 18 heavy (non-hydrogen) atoms. The van der Waals surface area contributed by atoms with E-state index in [0.717, 1.165) is 25.9 Å². The van der Waals surface area contributed by atoms with Gasteiger partial charge in [-0.3, -0.25) is 4.90 Å². The van der Waals surface area contributed by atoms with Gasteiger partial charge >= 0.3 is 6.03 Å². The summed E-state index contributed by atoms with van der Waals surface area (Å²) >= 11 is 0. The zero-order valence-corrected chi connectivity index (χ0v) is 10.1. The fourth-order valence-corrected chi connectivity index (χ4v) is 2.34. The first-order valence-corrected chi connectivity index (χ1v) is 6.02. The van der Waals surface area contributed by atoms with Crippen molar-refractivity contribution in [2.24, 2.45) is 5.73 Å². The van der Waals surface area contributed by atoms with Crippen LogP contribution in [0.4, 0.5) is 10.5 Å². The molecule has 1 aliphatic rings. The van der Waals surface area contributed by atoms with E-state index < -0.39 is 6.03 Å². The van der Waals surface area contributed by atoms with Gasteiger partial charge in [-0.15, -0.1) is 0 Å². The lowest BCUT2D eigenvalue weighted by molar-refractivity contribution is 0.249. The van der Waals surface area contributed by atoms with Crippen LogP contribution in [0.1, 0.15) is 18.4 Å². The maximum Gasteiger partial charge on any atom is 0.319 e. The zero-order valence-electron chi connectivity index (χ0n) is 10.1. The second-order valence-electron chi connectivity index (χ2n) is 4.32. The molecule has 0 aliphatic carbocycles. The average Bonchev–Trinajstić information content (AvgIpc) is 2.40. The van der Waals surface area contributed by atoms with Gasteiger partial charge in [0, 0.05) is 6.04 Å². The maximum absolute atomic E-state index is 11.7. The first kappa shape index (κ1) is 12.4. The summed E-state index contributed by atoms with van der Waals surface area (Å²) in [5, 5.41) is 12.4. The molecule has 0 saturated carbocycles. The minimum absolute atomic E-state index is 0.0678. The molecule has 1 heterocycles. The number of nitrogens with zero attached hydrogens (tertiary/aromatic N) is 2. The maximum atomic E-state index is 11.7. The number of para-hydroxylation sites is 1. The molecule has 5 nitrogen and oxygen atoms in total. The number of amides is 2. The molecule has 2 rings (SSSR count). The van der Waals surface area contributed by atoms with Crippen LogP contribution in [-0.4, -0.2) is 25.2 Å². The van der Waals surface area contributed by atoms with Crippen LogP contribution in [0.15, 0.2) is 24.3 Å². The van der Waals surface area contributed by atoms with Gasteiger partial charge in [-0.1, -0.05) is 12.1 Å². The number of nitrogens with two attached hydrogens (primary N) is 1. The van der Waals surface area contributed by atoms with Gasteiger partial charge in [0.05, 0.1) is 11.3 Å². The second-order valence-corrected chi connectivity index (χ2v) is 4.32. The Kier molecular flexibility index (Phi) is 3.80. The highest BCUT2D eigenvalue weighted by Crippen LogP contribution is 2.25. The van der Waals surface area contributed by atoms with E-state index in [9.17, 15) is 4.79 Å². The molecule has 3 N–H and O–H groups in total. The van der Waals surface area contributed by atoms with E-state index >= 15 is 0 Å². The molecule has 0 bridgehead atoms. The fraction of sp³-hybridized carbons (Fsp3) is 0.385.